The Morgan fingerprint density at radius 1 is 1.44 bits per heavy atom. The number of imidazole rings is 1. The predicted molar refractivity (Wildman–Crippen MR) is 70.9 cm³/mol. The molecule has 0 aliphatic heterocycles. The molecule has 0 aliphatic carbocycles. The summed E-state index contributed by atoms with van der Waals surface area (Å²) in [5.74, 6) is 1.52. The third kappa shape index (κ3) is 2.35. The van der Waals surface area contributed by atoms with Crippen molar-refractivity contribution in [3.05, 3.63) is 34.6 Å². The van der Waals surface area contributed by atoms with E-state index in [0.717, 1.165) is 23.3 Å². The number of aliphatic hydroxyl groups is 1. The average molecular weight is 267 g/mol. The van der Waals surface area contributed by atoms with Crippen LogP contribution in [0.4, 0.5) is 0 Å². The Morgan fingerprint density at radius 3 is 2.78 bits per heavy atom. The molecule has 0 amide bonds. The fourth-order valence-electron chi connectivity index (χ4n) is 1.83. The Labute approximate surface area is 111 Å². The topological polar surface area (TPSA) is 58.1 Å². The maximum Gasteiger partial charge on any atom is 0.153 e. The van der Waals surface area contributed by atoms with Gasteiger partial charge in [0.15, 0.2) is 5.15 Å². The molecule has 5 heteroatoms. The minimum Gasteiger partial charge on any atom is -0.496 e. The lowest BCUT2D eigenvalue weighted by Crippen LogP contribution is -1.92. The maximum absolute atomic E-state index is 9.09. The highest BCUT2D eigenvalue weighted by molar-refractivity contribution is 6.30. The lowest BCUT2D eigenvalue weighted by atomic mass is 10.1. The van der Waals surface area contributed by atoms with Gasteiger partial charge in [0, 0.05) is 5.56 Å². The first-order chi connectivity index (χ1) is 8.69. The summed E-state index contributed by atoms with van der Waals surface area (Å²) in [5, 5.41) is 9.39. The van der Waals surface area contributed by atoms with Crippen molar-refractivity contribution >= 4 is 11.6 Å². The van der Waals surface area contributed by atoms with Crippen LogP contribution in [0.15, 0.2) is 18.2 Å². The molecule has 0 bridgehead atoms. The van der Waals surface area contributed by atoms with Gasteiger partial charge in [0.1, 0.15) is 11.6 Å². The van der Waals surface area contributed by atoms with E-state index in [9.17, 15) is 0 Å². The molecule has 2 rings (SSSR count). The summed E-state index contributed by atoms with van der Waals surface area (Å²) < 4.78 is 5.28. The lowest BCUT2D eigenvalue weighted by molar-refractivity contribution is 0.277. The third-order valence-corrected chi connectivity index (χ3v) is 3.13. The van der Waals surface area contributed by atoms with E-state index in [-0.39, 0.29) is 6.61 Å². The fourth-order valence-corrected chi connectivity index (χ4v) is 2.02. The zero-order valence-corrected chi connectivity index (χ0v) is 11.1. The average Bonchev–Trinajstić information content (AvgIpc) is 2.79. The molecule has 0 atom stereocenters. The number of H-pyrrole nitrogens is 1. The van der Waals surface area contributed by atoms with Gasteiger partial charge in [-0.1, -0.05) is 18.5 Å². The van der Waals surface area contributed by atoms with Gasteiger partial charge in [0.05, 0.1) is 19.4 Å². The molecule has 0 saturated carbocycles. The SMILES string of the molecule is CCc1cc(-c2nc(Cl)c(CO)[nH]2)ccc1OC. The summed E-state index contributed by atoms with van der Waals surface area (Å²) in [4.78, 5) is 7.19. The van der Waals surface area contributed by atoms with Gasteiger partial charge in [-0.3, -0.25) is 0 Å². The smallest absolute Gasteiger partial charge is 0.153 e. The number of aromatic amines is 1. The molecular formula is C13H15ClN2O2. The highest BCUT2D eigenvalue weighted by atomic mass is 35.5. The second-order valence-electron chi connectivity index (χ2n) is 3.89. The van der Waals surface area contributed by atoms with Crippen molar-refractivity contribution in [2.75, 3.05) is 7.11 Å². The first kappa shape index (κ1) is 12.9. The molecule has 1 heterocycles. The van der Waals surface area contributed by atoms with Crippen LogP contribution in [-0.4, -0.2) is 22.2 Å². The molecule has 0 fully saturated rings. The molecule has 0 saturated heterocycles. The van der Waals surface area contributed by atoms with Crippen molar-refractivity contribution in [2.45, 2.75) is 20.0 Å². The Bertz CT molecular complexity index is 552. The van der Waals surface area contributed by atoms with Crippen LogP contribution in [0, 0.1) is 0 Å². The Hall–Kier alpha value is -1.52. The zero-order valence-electron chi connectivity index (χ0n) is 10.3. The largest absolute Gasteiger partial charge is 0.496 e. The summed E-state index contributed by atoms with van der Waals surface area (Å²) in [6.07, 6.45) is 0.873. The number of aryl methyl sites for hydroxylation is 1. The van der Waals surface area contributed by atoms with Crippen LogP contribution < -0.4 is 4.74 Å². The number of methoxy groups -OCH3 is 1. The van der Waals surface area contributed by atoms with Crippen molar-refractivity contribution in [1.82, 2.24) is 9.97 Å². The number of nitrogens with one attached hydrogen (secondary N) is 1. The van der Waals surface area contributed by atoms with E-state index in [4.69, 9.17) is 21.4 Å². The van der Waals surface area contributed by atoms with Crippen molar-refractivity contribution < 1.29 is 9.84 Å². The minimum atomic E-state index is -0.150. The van der Waals surface area contributed by atoms with Crippen molar-refractivity contribution in [1.29, 1.82) is 0 Å². The summed E-state index contributed by atoms with van der Waals surface area (Å²) in [6.45, 7) is 1.92. The molecule has 96 valence electrons. The molecule has 0 spiro atoms. The Balaban J connectivity index is 2.44. The van der Waals surface area contributed by atoms with E-state index < -0.39 is 0 Å². The molecule has 2 aromatic rings. The number of hydrogen-bond acceptors (Lipinski definition) is 3. The molecule has 2 N–H and O–H groups in total. The summed E-state index contributed by atoms with van der Waals surface area (Å²) in [5.41, 5.74) is 2.56. The number of benzene rings is 1. The number of hydrogen-bond donors (Lipinski definition) is 2. The lowest BCUT2D eigenvalue weighted by Gasteiger charge is -2.07. The first-order valence-corrected chi connectivity index (χ1v) is 6.10. The molecule has 1 aromatic carbocycles. The number of rotatable bonds is 4. The molecule has 0 unspecified atom stereocenters. The van der Waals surface area contributed by atoms with Crippen LogP contribution in [0.3, 0.4) is 0 Å². The van der Waals surface area contributed by atoms with Crippen LogP contribution in [-0.2, 0) is 13.0 Å². The predicted octanol–water partition coefficient (Wildman–Crippen LogP) is 2.79. The quantitative estimate of drug-likeness (QED) is 0.895. The highest BCUT2D eigenvalue weighted by Crippen LogP contribution is 2.27. The van der Waals surface area contributed by atoms with E-state index in [0.29, 0.717) is 16.7 Å². The van der Waals surface area contributed by atoms with Gasteiger partial charge >= 0.3 is 0 Å². The zero-order chi connectivity index (χ0) is 13.1. The molecule has 18 heavy (non-hydrogen) atoms. The van der Waals surface area contributed by atoms with Crippen LogP contribution in [0.5, 0.6) is 5.75 Å². The van der Waals surface area contributed by atoms with Crippen LogP contribution in [0.1, 0.15) is 18.2 Å². The minimum absolute atomic E-state index is 0.150. The summed E-state index contributed by atoms with van der Waals surface area (Å²) >= 11 is 5.90. The Morgan fingerprint density at radius 2 is 2.22 bits per heavy atom. The van der Waals surface area contributed by atoms with Gasteiger partial charge in [-0.15, -0.1) is 0 Å². The normalized spacial score (nSPS) is 10.7. The van der Waals surface area contributed by atoms with Gasteiger partial charge in [0.25, 0.3) is 0 Å². The number of aliphatic hydroxyl groups excluding tert-OH is 1. The van der Waals surface area contributed by atoms with Crippen molar-refractivity contribution in [3.63, 3.8) is 0 Å². The van der Waals surface area contributed by atoms with Crippen LogP contribution >= 0.6 is 11.6 Å². The van der Waals surface area contributed by atoms with E-state index >= 15 is 0 Å². The summed E-state index contributed by atoms with van der Waals surface area (Å²) in [7, 11) is 1.65. The Kier molecular flexibility index (Phi) is 3.89. The van der Waals surface area contributed by atoms with Crippen LogP contribution in [0.2, 0.25) is 5.15 Å². The third-order valence-electron chi connectivity index (χ3n) is 2.82. The molecule has 1 aromatic heterocycles. The van der Waals surface area contributed by atoms with E-state index in [2.05, 4.69) is 16.9 Å². The van der Waals surface area contributed by atoms with Gasteiger partial charge in [-0.2, -0.15) is 0 Å². The second-order valence-corrected chi connectivity index (χ2v) is 4.25. The summed E-state index contributed by atoms with van der Waals surface area (Å²) in [6, 6.07) is 5.83. The van der Waals surface area contributed by atoms with Gasteiger partial charge in [0.2, 0.25) is 0 Å². The van der Waals surface area contributed by atoms with Crippen molar-refractivity contribution in [2.24, 2.45) is 0 Å². The first-order valence-electron chi connectivity index (χ1n) is 5.72. The van der Waals surface area contributed by atoms with Gasteiger partial charge in [-0.05, 0) is 30.2 Å². The van der Waals surface area contributed by atoms with E-state index in [1.165, 1.54) is 0 Å². The monoisotopic (exact) mass is 266 g/mol. The van der Waals surface area contributed by atoms with Crippen molar-refractivity contribution in [3.8, 4) is 17.1 Å². The number of halogens is 1. The second kappa shape index (κ2) is 5.42. The molecular weight excluding hydrogens is 252 g/mol. The van der Waals surface area contributed by atoms with Crippen LogP contribution in [0.25, 0.3) is 11.4 Å². The highest BCUT2D eigenvalue weighted by Gasteiger charge is 2.10. The maximum atomic E-state index is 9.09. The molecule has 4 nitrogen and oxygen atoms in total. The fraction of sp³-hybridized carbons (Fsp3) is 0.308. The number of ether oxygens (including phenoxy) is 1. The van der Waals surface area contributed by atoms with Gasteiger partial charge in [-0.25, -0.2) is 4.98 Å². The number of aromatic nitrogens is 2. The van der Waals surface area contributed by atoms with Gasteiger partial charge < -0.3 is 14.8 Å². The molecule has 0 radical (unpaired) electrons. The van der Waals surface area contributed by atoms with E-state index in [1.807, 2.05) is 18.2 Å². The molecule has 0 aliphatic rings. The standard InChI is InChI=1S/C13H15ClN2O2/c1-3-8-6-9(4-5-11(8)18-2)13-15-10(7-17)12(14)16-13/h4-6,17H,3,7H2,1-2H3,(H,15,16). The number of nitrogens with zero attached hydrogens (tertiary/aromatic N) is 1. The van der Waals surface area contributed by atoms with E-state index in [1.54, 1.807) is 7.11 Å².